The normalized spacial score (nSPS) is 22.5. The highest BCUT2D eigenvalue weighted by Crippen LogP contribution is 2.33. The average Bonchev–Trinajstić information content (AvgIpc) is 3.13. The van der Waals surface area contributed by atoms with E-state index in [4.69, 9.17) is 0 Å². The van der Waals surface area contributed by atoms with E-state index in [1.165, 1.54) is 5.56 Å². The summed E-state index contributed by atoms with van der Waals surface area (Å²) in [6, 6.07) is 11.5. The molecule has 0 amide bonds. The van der Waals surface area contributed by atoms with Gasteiger partial charge < -0.3 is 5.32 Å². The lowest BCUT2D eigenvalue weighted by molar-refractivity contribution is 0.309. The number of fused-ring (bicyclic) bond motifs is 1. The van der Waals surface area contributed by atoms with Gasteiger partial charge in [-0.2, -0.15) is 0 Å². The lowest BCUT2D eigenvalue weighted by Gasteiger charge is -2.25. The van der Waals surface area contributed by atoms with Crippen LogP contribution >= 0.6 is 11.3 Å². The fourth-order valence-electron chi connectivity index (χ4n) is 3.26. The summed E-state index contributed by atoms with van der Waals surface area (Å²) in [5.41, 5.74) is 2.37. The van der Waals surface area contributed by atoms with Gasteiger partial charge in [0.05, 0.1) is 17.9 Å². The summed E-state index contributed by atoms with van der Waals surface area (Å²) in [6.45, 7) is 3.09. The van der Waals surface area contributed by atoms with Crippen LogP contribution in [0.15, 0.2) is 36.5 Å². The molecule has 0 spiro atoms. The first-order valence-electron chi connectivity index (χ1n) is 7.55. The topological polar surface area (TPSA) is 45.5 Å². The van der Waals surface area contributed by atoms with Gasteiger partial charge in [-0.3, -0.25) is 4.90 Å². The van der Waals surface area contributed by atoms with E-state index in [9.17, 15) is 0 Å². The molecule has 1 saturated heterocycles. The van der Waals surface area contributed by atoms with Gasteiger partial charge in [0.1, 0.15) is 0 Å². The summed E-state index contributed by atoms with van der Waals surface area (Å²) >= 11 is 1.61. The molecule has 114 valence electrons. The number of hydrogen-bond acceptors (Lipinski definition) is 5. The van der Waals surface area contributed by atoms with E-state index in [-0.39, 0.29) is 0 Å². The molecule has 0 saturated carbocycles. The second-order valence-corrected chi connectivity index (χ2v) is 6.85. The molecule has 4 rings (SSSR count). The Morgan fingerprint density at radius 3 is 2.86 bits per heavy atom. The lowest BCUT2D eigenvalue weighted by Crippen LogP contribution is -2.29. The first-order chi connectivity index (χ1) is 10.7. The number of aromatic nitrogens is 3. The summed E-state index contributed by atoms with van der Waals surface area (Å²) in [5.74, 6) is 0. The number of nitrogens with zero attached hydrogens (tertiary/aromatic N) is 4. The van der Waals surface area contributed by atoms with Crippen LogP contribution in [0, 0.1) is 6.92 Å². The van der Waals surface area contributed by atoms with Crippen molar-refractivity contribution in [3.63, 3.8) is 0 Å². The number of imidazole rings is 1. The van der Waals surface area contributed by atoms with Gasteiger partial charge in [-0.1, -0.05) is 41.7 Å². The number of likely N-dealkylation sites (tertiary alicyclic amines) is 1. The van der Waals surface area contributed by atoms with Crippen molar-refractivity contribution in [2.45, 2.75) is 25.4 Å². The van der Waals surface area contributed by atoms with Crippen molar-refractivity contribution in [1.29, 1.82) is 0 Å². The second kappa shape index (κ2) is 5.37. The maximum Gasteiger partial charge on any atom is 0.214 e. The number of benzene rings is 1. The predicted molar refractivity (Wildman–Crippen MR) is 89.4 cm³/mol. The Balaban J connectivity index is 1.59. The van der Waals surface area contributed by atoms with Crippen LogP contribution in [0.3, 0.4) is 0 Å². The Morgan fingerprint density at radius 1 is 1.27 bits per heavy atom. The summed E-state index contributed by atoms with van der Waals surface area (Å²) in [5, 5.41) is 9.16. The smallest absolute Gasteiger partial charge is 0.214 e. The molecule has 2 atom stereocenters. The Kier molecular flexibility index (Phi) is 3.35. The molecule has 6 heteroatoms. The molecule has 0 radical (unpaired) electrons. The SMILES string of the molecule is Cc1cn2nc(N[C@@H]3CCN(C)[C@H]3c3ccccc3)sc2n1. The molecule has 0 unspecified atom stereocenters. The van der Waals surface area contributed by atoms with Crippen molar-refractivity contribution in [2.75, 3.05) is 18.9 Å². The minimum atomic E-state index is 0.379. The van der Waals surface area contributed by atoms with E-state index >= 15 is 0 Å². The molecule has 1 aliphatic heterocycles. The largest absolute Gasteiger partial charge is 0.355 e. The average molecular weight is 313 g/mol. The van der Waals surface area contributed by atoms with Crippen molar-refractivity contribution >= 4 is 21.4 Å². The van der Waals surface area contributed by atoms with Crippen molar-refractivity contribution < 1.29 is 0 Å². The molecule has 0 aliphatic carbocycles. The zero-order valence-corrected chi connectivity index (χ0v) is 13.5. The highest BCUT2D eigenvalue weighted by Gasteiger charge is 2.33. The van der Waals surface area contributed by atoms with E-state index < -0.39 is 0 Å². The van der Waals surface area contributed by atoms with Gasteiger partial charge in [-0.25, -0.2) is 9.50 Å². The third-order valence-corrected chi connectivity index (χ3v) is 5.12. The Morgan fingerprint density at radius 2 is 2.09 bits per heavy atom. The molecule has 1 aromatic carbocycles. The minimum Gasteiger partial charge on any atom is -0.355 e. The summed E-state index contributed by atoms with van der Waals surface area (Å²) < 4.78 is 1.86. The minimum absolute atomic E-state index is 0.379. The molecule has 1 fully saturated rings. The van der Waals surface area contributed by atoms with Gasteiger partial charge in [0.2, 0.25) is 10.1 Å². The van der Waals surface area contributed by atoms with Crippen LogP contribution in [-0.2, 0) is 0 Å². The monoisotopic (exact) mass is 313 g/mol. The van der Waals surface area contributed by atoms with Crippen LogP contribution < -0.4 is 5.32 Å². The van der Waals surface area contributed by atoms with Gasteiger partial charge in [-0.05, 0) is 26.0 Å². The number of likely N-dealkylation sites (N-methyl/N-ethyl adjacent to an activating group) is 1. The van der Waals surface area contributed by atoms with Crippen LogP contribution in [0.1, 0.15) is 23.7 Å². The molecule has 1 aliphatic rings. The number of hydrogen-bond donors (Lipinski definition) is 1. The fourth-order valence-corrected chi connectivity index (χ4v) is 4.15. The van der Waals surface area contributed by atoms with E-state index in [2.05, 4.69) is 57.7 Å². The molecule has 1 N–H and O–H groups in total. The molecule has 5 nitrogen and oxygen atoms in total. The number of nitrogens with one attached hydrogen (secondary N) is 1. The third-order valence-electron chi connectivity index (χ3n) is 4.26. The van der Waals surface area contributed by atoms with Gasteiger partial charge in [0.25, 0.3) is 0 Å². The maximum atomic E-state index is 4.59. The van der Waals surface area contributed by atoms with Crippen molar-refractivity contribution in [3.05, 3.63) is 47.8 Å². The maximum absolute atomic E-state index is 4.59. The zero-order valence-electron chi connectivity index (χ0n) is 12.7. The molecule has 22 heavy (non-hydrogen) atoms. The number of anilines is 1. The highest BCUT2D eigenvalue weighted by atomic mass is 32.1. The van der Waals surface area contributed by atoms with Gasteiger partial charge in [0.15, 0.2) is 0 Å². The molecule has 3 heterocycles. The number of aryl methyl sites for hydroxylation is 1. The van der Waals surface area contributed by atoms with Crippen molar-refractivity contribution in [2.24, 2.45) is 0 Å². The molecular formula is C16H19N5S. The van der Waals surface area contributed by atoms with Gasteiger partial charge in [0, 0.05) is 12.6 Å². The van der Waals surface area contributed by atoms with E-state index in [1.807, 2.05) is 17.6 Å². The Bertz CT molecular complexity index is 747. The van der Waals surface area contributed by atoms with Crippen LogP contribution in [-0.4, -0.2) is 39.1 Å². The number of rotatable bonds is 3. The standard InChI is InChI=1S/C16H19N5S/c1-11-10-21-16(17-11)22-15(19-21)18-13-8-9-20(2)14(13)12-6-4-3-5-7-12/h3-7,10,13-14H,8-9H2,1-2H3,(H,18,19)/t13-,14+/m1/s1. The van der Waals surface area contributed by atoms with E-state index in [0.717, 1.165) is 28.8 Å². The lowest BCUT2D eigenvalue weighted by atomic mass is 10.0. The van der Waals surface area contributed by atoms with Crippen molar-refractivity contribution in [1.82, 2.24) is 19.5 Å². The van der Waals surface area contributed by atoms with Gasteiger partial charge in [-0.15, -0.1) is 5.10 Å². The molecular weight excluding hydrogens is 294 g/mol. The zero-order chi connectivity index (χ0) is 15.1. The summed E-state index contributed by atoms with van der Waals surface area (Å²) in [7, 11) is 2.19. The third kappa shape index (κ3) is 2.38. The quantitative estimate of drug-likeness (QED) is 0.807. The summed E-state index contributed by atoms with van der Waals surface area (Å²) in [6.07, 6.45) is 3.09. The van der Waals surface area contributed by atoms with Crippen LogP contribution in [0.2, 0.25) is 0 Å². The highest BCUT2D eigenvalue weighted by molar-refractivity contribution is 7.20. The first-order valence-corrected chi connectivity index (χ1v) is 8.37. The van der Waals surface area contributed by atoms with Gasteiger partial charge >= 0.3 is 0 Å². The van der Waals surface area contributed by atoms with E-state index in [1.54, 1.807) is 11.3 Å². The Hall–Kier alpha value is -1.92. The van der Waals surface area contributed by atoms with Crippen LogP contribution in [0.25, 0.3) is 4.96 Å². The van der Waals surface area contributed by atoms with Crippen LogP contribution in [0.4, 0.5) is 5.13 Å². The van der Waals surface area contributed by atoms with E-state index in [0.29, 0.717) is 12.1 Å². The first kappa shape index (κ1) is 13.7. The van der Waals surface area contributed by atoms with Crippen LogP contribution in [0.5, 0.6) is 0 Å². The summed E-state index contributed by atoms with van der Waals surface area (Å²) in [4.78, 5) is 7.83. The Labute approximate surface area is 133 Å². The molecule has 2 aromatic heterocycles. The van der Waals surface area contributed by atoms with Crippen molar-refractivity contribution in [3.8, 4) is 0 Å². The molecule has 3 aromatic rings. The second-order valence-electron chi connectivity index (χ2n) is 5.89. The predicted octanol–water partition coefficient (Wildman–Crippen LogP) is 2.96. The fraction of sp³-hybridized carbons (Fsp3) is 0.375. The molecule has 0 bridgehead atoms.